The fourth-order valence-electron chi connectivity index (χ4n) is 4.58. The Bertz CT molecular complexity index is 1320. The van der Waals surface area contributed by atoms with E-state index in [2.05, 4.69) is 84.4 Å². The monoisotopic (exact) mass is 548 g/mol. The molecule has 0 aliphatic carbocycles. The molecule has 0 aromatic heterocycles. The average Bonchev–Trinajstić information content (AvgIpc) is 2.91. The minimum atomic E-state index is -1.11. The highest BCUT2D eigenvalue weighted by molar-refractivity contribution is 6.31. The standard InChI is InChI=1S/C36H46B2O3/c1-13-17-19-28-26(15-3)21-23-30(34(7,8)40-37-25(5)6)32(28)33-29(20-18-14-2)27(16-4)22-24-31(33)35(9,10)41-38-36(11,12)39/h13-25,39H,1-4H2,5-12H3/b19-17-,20-18-. The van der Waals surface area contributed by atoms with Crippen LogP contribution in [0.1, 0.15) is 88.8 Å². The van der Waals surface area contributed by atoms with Crippen molar-refractivity contribution in [2.75, 3.05) is 0 Å². The summed E-state index contributed by atoms with van der Waals surface area (Å²) in [6, 6.07) is 8.33. The quantitative estimate of drug-likeness (QED) is 0.178. The molecule has 0 fully saturated rings. The molecule has 0 aliphatic heterocycles. The lowest BCUT2D eigenvalue weighted by molar-refractivity contribution is 0.0735. The van der Waals surface area contributed by atoms with Gasteiger partial charge in [0.25, 0.3) is 7.48 Å². The molecule has 0 amide bonds. The Morgan fingerprint density at radius 1 is 0.707 bits per heavy atom. The first-order chi connectivity index (χ1) is 19.1. The van der Waals surface area contributed by atoms with Crippen LogP contribution in [-0.2, 0) is 20.5 Å². The Kier molecular flexibility index (Phi) is 11.8. The Balaban J connectivity index is 3.23. The summed E-state index contributed by atoms with van der Waals surface area (Å²) >= 11 is 0. The van der Waals surface area contributed by atoms with Gasteiger partial charge < -0.3 is 14.4 Å². The van der Waals surface area contributed by atoms with Gasteiger partial charge in [-0.2, -0.15) is 0 Å². The number of hydrogen-bond acceptors (Lipinski definition) is 3. The van der Waals surface area contributed by atoms with Gasteiger partial charge in [0.05, 0.1) is 16.7 Å². The molecule has 0 unspecified atom stereocenters. The number of benzene rings is 2. The lowest BCUT2D eigenvalue weighted by atomic mass is 9.74. The fraction of sp³-hybridized carbons (Fsp3) is 0.333. The van der Waals surface area contributed by atoms with E-state index in [0.29, 0.717) is 0 Å². The first-order valence-electron chi connectivity index (χ1n) is 14.1. The SMILES string of the molecule is C=C/C=C\c1c(C=C)ccc(C(C)(C)O[B]C(C)C)c1-c1c(C(C)(C)O[B]C(C)(C)O)ccc(C=C)c1/C=C\C=C. The average molecular weight is 548 g/mol. The van der Waals surface area contributed by atoms with E-state index in [-0.39, 0.29) is 5.82 Å². The highest BCUT2D eigenvalue weighted by Gasteiger charge is 2.34. The van der Waals surface area contributed by atoms with Crippen LogP contribution in [0.25, 0.3) is 35.4 Å². The highest BCUT2D eigenvalue weighted by Crippen LogP contribution is 2.46. The van der Waals surface area contributed by atoms with Gasteiger partial charge >= 0.3 is 7.48 Å². The molecular weight excluding hydrogens is 502 g/mol. The van der Waals surface area contributed by atoms with Crippen molar-refractivity contribution in [3.63, 3.8) is 0 Å². The van der Waals surface area contributed by atoms with Crippen LogP contribution in [0.5, 0.6) is 0 Å². The summed E-state index contributed by atoms with van der Waals surface area (Å²) in [4.78, 5) is 0. The molecule has 2 aromatic carbocycles. The van der Waals surface area contributed by atoms with Gasteiger partial charge in [0.2, 0.25) is 0 Å². The third-order valence-electron chi connectivity index (χ3n) is 6.62. The van der Waals surface area contributed by atoms with E-state index in [1.54, 1.807) is 26.0 Å². The second-order valence-electron chi connectivity index (χ2n) is 12.0. The molecule has 0 atom stereocenters. The maximum Gasteiger partial charge on any atom is 0.328 e. The zero-order valence-electron chi connectivity index (χ0n) is 26.3. The lowest BCUT2D eigenvalue weighted by Gasteiger charge is -2.36. The first kappa shape index (κ1) is 34.1. The van der Waals surface area contributed by atoms with Gasteiger partial charge in [-0.3, -0.25) is 0 Å². The van der Waals surface area contributed by atoms with Gasteiger partial charge in [-0.25, -0.2) is 0 Å². The number of aliphatic hydroxyl groups is 1. The van der Waals surface area contributed by atoms with Crippen molar-refractivity contribution in [2.24, 2.45) is 0 Å². The van der Waals surface area contributed by atoms with E-state index in [0.717, 1.165) is 44.5 Å². The van der Waals surface area contributed by atoms with Gasteiger partial charge in [-0.05, 0) is 91.9 Å². The molecule has 41 heavy (non-hydrogen) atoms. The summed E-state index contributed by atoms with van der Waals surface area (Å²) in [6.45, 7) is 31.8. The fourth-order valence-corrected chi connectivity index (χ4v) is 4.58. The van der Waals surface area contributed by atoms with Crippen molar-refractivity contribution < 1.29 is 14.4 Å². The Hall–Kier alpha value is -3.11. The number of hydrogen-bond donors (Lipinski definition) is 1. The minimum Gasteiger partial charge on any atom is -0.432 e. The first-order valence-corrected chi connectivity index (χ1v) is 14.1. The number of rotatable bonds is 15. The van der Waals surface area contributed by atoms with Crippen molar-refractivity contribution in [1.82, 2.24) is 0 Å². The molecule has 0 saturated heterocycles. The summed E-state index contributed by atoms with van der Waals surface area (Å²) in [5.41, 5.74) is 5.18. The molecule has 2 rings (SSSR count). The van der Waals surface area contributed by atoms with E-state index >= 15 is 0 Å². The molecule has 2 aromatic rings. The van der Waals surface area contributed by atoms with E-state index in [4.69, 9.17) is 9.31 Å². The predicted octanol–water partition coefficient (Wildman–Crippen LogP) is 9.34. The summed E-state index contributed by atoms with van der Waals surface area (Å²) in [5.74, 6) is 0.251. The van der Waals surface area contributed by atoms with Crippen LogP contribution in [0.3, 0.4) is 0 Å². The summed E-state index contributed by atoms with van der Waals surface area (Å²) in [5, 5.41) is 10.5. The summed E-state index contributed by atoms with van der Waals surface area (Å²) in [6.07, 6.45) is 15.2. The molecule has 0 saturated carbocycles. The van der Waals surface area contributed by atoms with Crippen molar-refractivity contribution in [3.8, 4) is 11.1 Å². The maximum atomic E-state index is 10.5. The molecule has 5 heteroatoms. The molecule has 0 spiro atoms. The van der Waals surface area contributed by atoms with Gasteiger partial charge in [-0.15, -0.1) is 0 Å². The molecule has 0 bridgehead atoms. The van der Waals surface area contributed by atoms with E-state index < -0.39 is 16.7 Å². The van der Waals surface area contributed by atoms with Crippen molar-refractivity contribution in [1.29, 1.82) is 0 Å². The van der Waals surface area contributed by atoms with E-state index in [1.165, 1.54) is 7.48 Å². The molecule has 214 valence electrons. The third kappa shape index (κ3) is 8.69. The Labute approximate surface area is 250 Å². The van der Waals surface area contributed by atoms with Gasteiger partial charge in [0.15, 0.2) is 0 Å². The lowest BCUT2D eigenvalue weighted by Crippen LogP contribution is -2.36. The Morgan fingerprint density at radius 2 is 1.12 bits per heavy atom. The van der Waals surface area contributed by atoms with Crippen LogP contribution < -0.4 is 0 Å². The summed E-state index contributed by atoms with van der Waals surface area (Å²) in [7, 11) is 3.37. The normalized spacial score (nSPS) is 12.6. The zero-order chi connectivity index (χ0) is 31.0. The van der Waals surface area contributed by atoms with Crippen molar-refractivity contribution in [3.05, 3.63) is 108 Å². The van der Waals surface area contributed by atoms with Crippen LogP contribution in [0.15, 0.2) is 74.9 Å². The molecule has 3 nitrogen and oxygen atoms in total. The smallest absolute Gasteiger partial charge is 0.328 e. The van der Waals surface area contributed by atoms with E-state index in [1.807, 2.05) is 51.7 Å². The van der Waals surface area contributed by atoms with Gasteiger partial charge in [-0.1, -0.05) is 113 Å². The van der Waals surface area contributed by atoms with Crippen LogP contribution in [0, 0.1) is 0 Å². The molecule has 0 heterocycles. The topological polar surface area (TPSA) is 38.7 Å². The highest BCUT2D eigenvalue weighted by atomic mass is 16.5. The molecule has 2 radical (unpaired) electrons. The van der Waals surface area contributed by atoms with Crippen LogP contribution in [0.2, 0.25) is 5.82 Å². The second kappa shape index (κ2) is 14.2. The van der Waals surface area contributed by atoms with Crippen molar-refractivity contribution in [2.45, 2.75) is 77.9 Å². The largest absolute Gasteiger partial charge is 0.432 e. The maximum absolute atomic E-state index is 10.5. The summed E-state index contributed by atoms with van der Waals surface area (Å²) < 4.78 is 12.8. The van der Waals surface area contributed by atoms with Crippen LogP contribution in [-0.4, -0.2) is 25.6 Å². The second-order valence-corrected chi connectivity index (χ2v) is 12.0. The number of allylic oxidation sites excluding steroid dienone is 4. The minimum absolute atomic E-state index is 0.251. The molecule has 0 aliphatic rings. The van der Waals surface area contributed by atoms with Gasteiger partial charge in [0.1, 0.15) is 0 Å². The van der Waals surface area contributed by atoms with Crippen molar-refractivity contribution >= 4 is 39.3 Å². The zero-order valence-corrected chi connectivity index (χ0v) is 26.3. The molecular formula is C36H46B2O3. The predicted molar refractivity (Wildman–Crippen MR) is 182 cm³/mol. The van der Waals surface area contributed by atoms with Crippen LogP contribution in [0.4, 0.5) is 0 Å². The van der Waals surface area contributed by atoms with E-state index in [9.17, 15) is 5.11 Å². The van der Waals surface area contributed by atoms with Gasteiger partial charge in [0, 0.05) is 0 Å². The van der Waals surface area contributed by atoms with Crippen LogP contribution >= 0.6 is 0 Å². The Morgan fingerprint density at radius 3 is 1.46 bits per heavy atom. The molecule has 1 N–H and O–H groups in total. The third-order valence-corrected chi connectivity index (χ3v) is 6.62.